The Labute approximate surface area is 311 Å². The number of amides is 1. The first-order valence-electron chi connectivity index (χ1n) is 16.1. The highest BCUT2D eigenvalue weighted by Crippen LogP contribution is 2.24. The van der Waals surface area contributed by atoms with Gasteiger partial charge in [0.2, 0.25) is 5.91 Å². The third-order valence-electron chi connectivity index (χ3n) is 6.86. The molecule has 1 heterocycles. The molecule has 0 fully saturated rings. The van der Waals surface area contributed by atoms with Crippen molar-refractivity contribution in [2.24, 2.45) is 5.73 Å². The largest absolute Gasteiger partial charge is 0.490 e. The Hall–Kier alpha value is -6.40. The number of nitrogens with one attached hydrogen (secondary N) is 3. The Morgan fingerprint density at radius 2 is 1.51 bits per heavy atom. The summed E-state index contributed by atoms with van der Waals surface area (Å²) in [5.41, 5.74) is 17.0. The summed E-state index contributed by atoms with van der Waals surface area (Å²) in [5.74, 6) is -2.91. The Kier molecular flexibility index (Phi) is 19.8. The second kappa shape index (κ2) is 23.3. The molecule has 0 aliphatic heterocycles. The summed E-state index contributed by atoms with van der Waals surface area (Å²) in [7, 11) is 0. The molecule has 0 saturated heterocycles. The lowest BCUT2D eigenvalue weighted by Gasteiger charge is -2.17. The molecule has 0 bridgehead atoms. The summed E-state index contributed by atoms with van der Waals surface area (Å²) in [4.78, 5) is 48.2. The van der Waals surface area contributed by atoms with Crippen molar-refractivity contribution in [2.45, 2.75) is 65.1 Å². The van der Waals surface area contributed by atoms with Gasteiger partial charge in [-0.2, -0.15) is 26.3 Å². The number of carbonyl (C=O) groups excluding carboxylic acids is 1. The van der Waals surface area contributed by atoms with Gasteiger partial charge in [-0.1, -0.05) is 54.6 Å². The summed E-state index contributed by atoms with van der Waals surface area (Å²) < 4.78 is 62.2. The topological polar surface area (TPSA) is 227 Å². The molecule has 13 nitrogen and oxygen atoms in total. The number of anilines is 2. The first-order chi connectivity index (χ1) is 25.8. The SMILES string of the molecule is CC(C)Nc1ncc(-c2cc(N)cc(CCCc3ccccc3)c2)n(CC(=O)NCc2ccc(C(=N)N)cc2)c1=O.FC(F)F.O=C(O)C(F)(F)F.O=CO. The molecule has 55 heavy (non-hydrogen) atoms. The zero-order valence-electron chi connectivity index (χ0n) is 29.6. The number of nitrogens with zero attached hydrogens (tertiary/aromatic N) is 2. The number of amidine groups is 1. The van der Waals surface area contributed by atoms with Crippen LogP contribution in [0.25, 0.3) is 11.3 Å². The Bertz CT molecular complexity index is 1890. The summed E-state index contributed by atoms with van der Waals surface area (Å²) in [5, 5.41) is 27.5. The van der Waals surface area contributed by atoms with Crippen molar-refractivity contribution in [3.63, 3.8) is 0 Å². The first kappa shape index (κ1) is 46.6. The molecule has 0 aliphatic carbocycles. The van der Waals surface area contributed by atoms with Crippen LogP contribution in [0.1, 0.15) is 42.5 Å². The molecule has 0 radical (unpaired) electrons. The zero-order chi connectivity index (χ0) is 41.7. The molecule has 4 aromatic rings. The molecule has 0 unspecified atom stereocenters. The van der Waals surface area contributed by atoms with Crippen LogP contribution >= 0.6 is 0 Å². The number of carboxylic acids is 1. The number of alkyl halides is 6. The lowest BCUT2D eigenvalue weighted by Crippen LogP contribution is -2.35. The number of aryl methyl sites for hydroxylation is 2. The standard InChI is InChI=1S/C32H37N7O2.C2HF3O2.CHF3.CH2O2/c1-21(2)38-31-32(41)39(20-29(40)36-18-23-11-13-25(14-12-23)30(34)35)28(19-37-31)26-15-24(16-27(33)17-26)10-6-9-22-7-4-3-5-8-22;3-2(4,5)1(6)7;2-1(3)4;2-1-3/h3-5,7-8,11-17,19,21H,6,9-10,18,20,33H2,1-2H3,(H3,34,35)(H,36,40)(H,37,38);(H,6,7);1H;1H,(H,2,3). The molecule has 19 heteroatoms. The van der Waals surface area contributed by atoms with Gasteiger partial charge in [-0.05, 0) is 68.0 Å². The van der Waals surface area contributed by atoms with Crippen LogP contribution in [0.15, 0.2) is 83.8 Å². The van der Waals surface area contributed by atoms with Crippen molar-refractivity contribution in [3.05, 3.63) is 112 Å². The quantitative estimate of drug-likeness (QED) is 0.0310. The fraction of sp³-hybridized carbons (Fsp3) is 0.278. The molecule has 3 aromatic carbocycles. The van der Waals surface area contributed by atoms with Gasteiger partial charge in [0, 0.05) is 29.4 Å². The smallest absolute Gasteiger partial charge is 0.483 e. The van der Waals surface area contributed by atoms with Crippen LogP contribution in [0.5, 0.6) is 0 Å². The third kappa shape index (κ3) is 18.3. The van der Waals surface area contributed by atoms with E-state index >= 15 is 0 Å². The number of carboxylic acid groups (broad SMARTS) is 2. The van der Waals surface area contributed by atoms with Crippen molar-refractivity contribution in [1.82, 2.24) is 14.9 Å². The number of benzene rings is 3. The first-order valence-corrected chi connectivity index (χ1v) is 16.1. The molecular weight excluding hydrogens is 740 g/mol. The minimum absolute atomic E-state index is 0.00936. The van der Waals surface area contributed by atoms with E-state index < -0.39 is 18.8 Å². The van der Waals surface area contributed by atoms with Crippen molar-refractivity contribution in [1.29, 1.82) is 5.41 Å². The summed E-state index contributed by atoms with van der Waals surface area (Å²) in [6.07, 6.45) is -0.752. The number of carbonyl (C=O) groups is 3. The van der Waals surface area contributed by atoms with E-state index in [1.807, 2.05) is 44.2 Å². The second-order valence-electron chi connectivity index (χ2n) is 11.5. The molecule has 0 spiro atoms. The van der Waals surface area contributed by atoms with Gasteiger partial charge in [-0.25, -0.2) is 9.78 Å². The fourth-order valence-corrected chi connectivity index (χ4v) is 4.60. The summed E-state index contributed by atoms with van der Waals surface area (Å²) >= 11 is 0. The molecule has 298 valence electrons. The van der Waals surface area contributed by atoms with Crippen LogP contribution in [0, 0.1) is 5.41 Å². The van der Waals surface area contributed by atoms with E-state index in [1.54, 1.807) is 36.5 Å². The minimum Gasteiger partial charge on any atom is -0.483 e. The number of nitrogens with two attached hydrogens (primary N) is 2. The third-order valence-corrected chi connectivity index (χ3v) is 6.86. The van der Waals surface area contributed by atoms with E-state index in [2.05, 4.69) is 27.8 Å². The van der Waals surface area contributed by atoms with Crippen LogP contribution < -0.4 is 27.7 Å². The van der Waals surface area contributed by atoms with Crippen LogP contribution in [0.3, 0.4) is 0 Å². The van der Waals surface area contributed by atoms with Gasteiger partial charge >= 0.3 is 18.8 Å². The lowest BCUT2D eigenvalue weighted by molar-refractivity contribution is -0.192. The van der Waals surface area contributed by atoms with Crippen LogP contribution in [0.2, 0.25) is 0 Å². The van der Waals surface area contributed by atoms with Crippen molar-refractivity contribution in [2.75, 3.05) is 11.1 Å². The minimum atomic E-state index is -5.08. The average Bonchev–Trinajstić information content (AvgIpc) is 3.09. The van der Waals surface area contributed by atoms with Gasteiger partial charge in [-0.15, -0.1) is 0 Å². The van der Waals surface area contributed by atoms with Crippen molar-refractivity contribution < 1.29 is 50.9 Å². The highest BCUT2D eigenvalue weighted by molar-refractivity contribution is 5.94. The number of hydrogen-bond acceptors (Lipinski definition) is 8. The summed E-state index contributed by atoms with van der Waals surface area (Å²) in [6, 6.07) is 23.2. The summed E-state index contributed by atoms with van der Waals surface area (Å²) in [6.45, 7) is 0.00637. The molecule has 4 rings (SSSR count). The fourth-order valence-electron chi connectivity index (χ4n) is 4.60. The lowest BCUT2D eigenvalue weighted by atomic mass is 10.0. The van der Waals surface area contributed by atoms with Gasteiger partial charge < -0.3 is 32.3 Å². The predicted molar refractivity (Wildman–Crippen MR) is 194 cm³/mol. The van der Waals surface area contributed by atoms with Crippen LogP contribution in [-0.4, -0.2) is 62.8 Å². The van der Waals surface area contributed by atoms with E-state index in [0.717, 1.165) is 36.0 Å². The van der Waals surface area contributed by atoms with E-state index in [0.29, 0.717) is 16.9 Å². The number of nitrogen functional groups attached to an aromatic ring is 2. The predicted octanol–water partition coefficient (Wildman–Crippen LogP) is 5.60. The Morgan fingerprint density at radius 1 is 0.964 bits per heavy atom. The second-order valence-corrected chi connectivity index (χ2v) is 11.5. The van der Waals surface area contributed by atoms with Crippen LogP contribution in [-0.2, 0) is 40.3 Å². The van der Waals surface area contributed by atoms with E-state index in [1.165, 1.54) is 10.1 Å². The number of halogens is 6. The van der Waals surface area contributed by atoms with Gasteiger partial charge in [-0.3, -0.25) is 24.4 Å². The maximum Gasteiger partial charge on any atom is 0.490 e. The highest BCUT2D eigenvalue weighted by Gasteiger charge is 2.38. The maximum atomic E-state index is 13.5. The normalized spacial score (nSPS) is 10.4. The number of aromatic nitrogens is 2. The van der Waals surface area contributed by atoms with E-state index in [9.17, 15) is 35.9 Å². The molecule has 1 aromatic heterocycles. The van der Waals surface area contributed by atoms with Gasteiger partial charge in [0.25, 0.3) is 12.0 Å². The number of rotatable bonds is 12. The molecule has 1 amide bonds. The molecule has 9 N–H and O–H groups in total. The zero-order valence-corrected chi connectivity index (χ0v) is 29.6. The Morgan fingerprint density at radius 3 is 2.02 bits per heavy atom. The maximum absolute atomic E-state index is 13.5. The van der Waals surface area contributed by atoms with Gasteiger partial charge in [0.1, 0.15) is 12.4 Å². The van der Waals surface area contributed by atoms with E-state index in [-0.39, 0.29) is 48.7 Å². The number of aliphatic carboxylic acids is 1. The van der Waals surface area contributed by atoms with Crippen molar-refractivity contribution >= 4 is 35.7 Å². The molecular formula is C36H41F6N7O6. The average molecular weight is 782 g/mol. The number of hydrogen-bond donors (Lipinski definition) is 7. The van der Waals surface area contributed by atoms with E-state index in [4.69, 9.17) is 36.7 Å². The van der Waals surface area contributed by atoms with Crippen molar-refractivity contribution in [3.8, 4) is 11.3 Å². The molecule has 0 atom stereocenters. The van der Waals surface area contributed by atoms with Gasteiger partial charge in [0.15, 0.2) is 5.82 Å². The van der Waals surface area contributed by atoms with Crippen LogP contribution in [0.4, 0.5) is 37.8 Å². The highest BCUT2D eigenvalue weighted by atomic mass is 19.4. The van der Waals surface area contributed by atoms with Gasteiger partial charge in [0.05, 0.1) is 11.9 Å². The molecule has 0 aliphatic rings. The molecule has 0 saturated carbocycles. The Balaban J connectivity index is 0.000000925. The monoisotopic (exact) mass is 781 g/mol.